The van der Waals surface area contributed by atoms with Crippen molar-refractivity contribution in [1.29, 1.82) is 0 Å². The molecule has 0 atom stereocenters. The summed E-state index contributed by atoms with van der Waals surface area (Å²) in [4.78, 5) is 23.6. The van der Waals surface area contributed by atoms with Crippen molar-refractivity contribution in [1.82, 2.24) is 9.97 Å². The van der Waals surface area contributed by atoms with Gasteiger partial charge in [0.05, 0.1) is 0 Å². The summed E-state index contributed by atoms with van der Waals surface area (Å²) < 4.78 is 0. The minimum Gasteiger partial charge on any atom is -0.357 e. The predicted octanol–water partition coefficient (Wildman–Crippen LogP) is 6.32. The van der Waals surface area contributed by atoms with Crippen molar-refractivity contribution >= 4 is 34.7 Å². The molecule has 3 aromatic rings. The van der Waals surface area contributed by atoms with Crippen molar-refractivity contribution in [2.45, 2.75) is 47.0 Å². The Kier molecular flexibility index (Phi) is 7.53. The Morgan fingerprint density at radius 2 is 1.36 bits per heavy atom. The highest BCUT2D eigenvalue weighted by Gasteiger charge is 2.13. The predicted molar refractivity (Wildman–Crippen MR) is 138 cm³/mol. The van der Waals surface area contributed by atoms with Crippen LogP contribution in [-0.4, -0.2) is 29.1 Å². The molecule has 7 nitrogen and oxygen atoms in total. The Morgan fingerprint density at radius 1 is 0.848 bits per heavy atom. The molecular formula is C26H34N6O. The van der Waals surface area contributed by atoms with Gasteiger partial charge in [-0.15, -0.1) is 0 Å². The number of nitrogens with one attached hydrogen (secondary N) is 3. The average molecular weight is 447 g/mol. The standard InChI is InChI=1S/C26H34N6O/c1-7-32(8-2)24-17-23(27-18(3)28-24)29-20-13-15-22(16-14-20)31-25(33)30-21-11-9-19(10-12-21)26(4,5)6/h9-17H,7-8H2,1-6H3,(H,27,28,29)(H2,30,31,33). The van der Waals surface area contributed by atoms with Crippen molar-refractivity contribution in [2.75, 3.05) is 33.9 Å². The first kappa shape index (κ1) is 24.0. The number of nitrogens with zero attached hydrogens (tertiary/aromatic N) is 3. The first-order valence-electron chi connectivity index (χ1n) is 11.3. The van der Waals surface area contributed by atoms with E-state index in [9.17, 15) is 4.79 Å². The maximum Gasteiger partial charge on any atom is 0.323 e. The van der Waals surface area contributed by atoms with Crippen LogP contribution in [0.5, 0.6) is 0 Å². The van der Waals surface area contributed by atoms with E-state index in [1.54, 1.807) is 0 Å². The number of amides is 2. The van der Waals surface area contributed by atoms with Crippen LogP contribution in [0.25, 0.3) is 0 Å². The molecule has 0 saturated heterocycles. The summed E-state index contributed by atoms with van der Waals surface area (Å²) in [5.74, 6) is 2.36. The molecule has 0 spiro atoms. The third-order valence-corrected chi connectivity index (χ3v) is 5.34. The normalized spacial score (nSPS) is 11.1. The first-order valence-corrected chi connectivity index (χ1v) is 11.3. The maximum atomic E-state index is 12.4. The minimum atomic E-state index is -0.283. The lowest BCUT2D eigenvalue weighted by Gasteiger charge is -2.20. The second-order valence-corrected chi connectivity index (χ2v) is 8.94. The molecule has 0 radical (unpaired) electrons. The number of aryl methyl sites for hydroxylation is 1. The van der Waals surface area contributed by atoms with E-state index in [1.807, 2.05) is 61.5 Å². The summed E-state index contributed by atoms with van der Waals surface area (Å²) in [6.07, 6.45) is 0. The van der Waals surface area contributed by atoms with Gasteiger partial charge in [-0.1, -0.05) is 32.9 Å². The lowest BCUT2D eigenvalue weighted by Crippen LogP contribution is -2.23. The number of carbonyl (C=O) groups is 1. The third-order valence-electron chi connectivity index (χ3n) is 5.34. The van der Waals surface area contributed by atoms with Gasteiger partial charge in [-0.3, -0.25) is 0 Å². The molecule has 0 fully saturated rings. The summed E-state index contributed by atoms with van der Waals surface area (Å²) in [6.45, 7) is 14.4. The Balaban J connectivity index is 1.61. The van der Waals surface area contributed by atoms with E-state index in [-0.39, 0.29) is 11.4 Å². The molecule has 3 rings (SSSR count). The summed E-state index contributed by atoms with van der Waals surface area (Å²) >= 11 is 0. The largest absolute Gasteiger partial charge is 0.357 e. The molecule has 174 valence electrons. The number of carbonyl (C=O) groups excluding carboxylic acids is 1. The molecule has 0 saturated carbocycles. The fourth-order valence-corrected chi connectivity index (χ4v) is 3.46. The SMILES string of the molecule is CCN(CC)c1cc(Nc2ccc(NC(=O)Nc3ccc(C(C)(C)C)cc3)cc2)nc(C)n1. The molecule has 1 heterocycles. The van der Waals surface area contributed by atoms with E-state index in [2.05, 4.69) is 65.4 Å². The van der Waals surface area contributed by atoms with Crippen LogP contribution in [0.4, 0.5) is 33.5 Å². The number of urea groups is 1. The van der Waals surface area contributed by atoms with Gasteiger partial charge in [-0.2, -0.15) is 0 Å². The molecule has 3 N–H and O–H groups in total. The third kappa shape index (κ3) is 6.68. The molecule has 0 aliphatic rings. The Morgan fingerprint density at radius 3 is 1.88 bits per heavy atom. The van der Waals surface area contributed by atoms with Crippen molar-refractivity contribution in [3.05, 3.63) is 66.0 Å². The minimum absolute atomic E-state index is 0.0774. The second kappa shape index (κ2) is 10.3. The van der Waals surface area contributed by atoms with Crippen LogP contribution in [0.15, 0.2) is 54.6 Å². The molecule has 0 bridgehead atoms. The monoisotopic (exact) mass is 446 g/mol. The van der Waals surface area contributed by atoms with Crippen LogP contribution in [0.3, 0.4) is 0 Å². The Hall–Kier alpha value is -3.61. The number of hydrogen-bond acceptors (Lipinski definition) is 5. The van der Waals surface area contributed by atoms with Crippen LogP contribution in [0.1, 0.15) is 46.0 Å². The van der Waals surface area contributed by atoms with Crippen molar-refractivity contribution in [3.63, 3.8) is 0 Å². The number of rotatable bonds is 7. The molecule has 7 heteroatoms. The van der Waals surface area contributed by atoms with Gasteiger partial charge >= 0.3 is 6.03 Å². The molecule has 0 aliphatic carbocycles. The zero-order valence-corrected chi connectivity index (χ0v) is 20.4. The number of hydrogen-bond donors (Lipinski definition) is 3. The zero-order valence-electron chi connectivity index (χ0n) is 20.4. The van der Waals surface area contributed by atoms with Crippen molar-refractivity contribution in [2.24, 2.45) is 0 Å². The summed E-state index contributed by atoms with van der Waals surface area (Å²) in [5.41, 5.74) is 3.63. The smallest absolute Gasteiger partial charge is 0.323 e. The van der Waals surface area contributed by atoms with Gasteiger partial charge in [0.2, 0.25) is 0 Å². The van der Waals surface area contributed by atoms with Crippen molar-refractivity contribution in [3.8, 4) is 0 Å². The quantitative estimate of drug-likeness (QED) is 0.396. The molecule has 2 amide bonds. The maximum absolute atomic E-state index is 12.4. The molecule has 2 aromatic carbocycles. The van der Waals surface area contributed by atoms with Gasteiger partial charge in [0.15, 0.2) is 0 Å². The highest BCUT2D eigenvalue weighted by atomic mass is 16.2. The van der Waals surface area contributed by atoms with Crippen LogP contribution in [0.2, 0.25) is 0 Å². The molecule has 1 aromatic heterocycles. The first-order chi connectivity index (χ1) is 15.7. The average Bonchev–Trinajstić information content (AvgIpc) is 2.75. The molecular weight excluding hydrogens is 412 g/mol. The van der Waals surface area contributed by atoms with E-state index in [4.69, 9.17) is 0 Å². The fraction of sp³-hybridized carbons (Fsp3) is 0.346. The lowest BCUT2D eigenvalue weighted by molar-refractivity contribution is 0.262. The van der Waals surface area contributed by atoms with Gasteiger partial charge in [0.1, 0.15) is 17.5 Å². The highest BCUT2D eigenvalue weighted by molar-refractivity contribution is 5.99. The molecule has 33 heavy (non-hydrogen) atoms. The van der Waals surface area contributed by atoms with Gasteiger partial charge in [-0.05, 0) is 68.1 Å². The lowest BCUT2D eigenvalue weighted by atomic mass is 9.87. The number of anilines is 5. The summed E-state index contributed by atoms with van der Waals surface area (Å²) in [6, 6.07) is 17.1. The Bertz CT molecular complexity index is 1070. The second-order valence-electron chi connectivity index (χ2n) is 8.94. The summed E-state index contributed by atoms with van der Waals surface area (Å²) in [7, 11) is 0. The number of aromatic nitrogens is 2. The van der Waals surface area contributed by atoms with Crippen LogP contribution in [-0.2, 0) is 5.41 Å². The van der Waals surface area contributed by atoms with Crippen LogP contribution >= 0.6 is 0 Å². The summed E-state index contributed by atoms with van der Waals surface area (Å²) in [5, 5.41) is 9.05. The number of benzene rings is 2. The molecule has 0 aliphatic heterocycles. The van der Waals surface area contributed by atoms with Crippen molar-refractivity contribution < 1.29 is 4.79 Å². The van der Waals surface area contributed by atoms with Crippen LogP contribution < -0.4 is 20.9 Å². The Labute approximate surface area is 196 Å². The van der Waals surface area contributed by atoms with Gasteiger partial charge in [0, 0.05) is 36.2 Å². The fourth-order valence-electron chi connectivity index (χ4n) is 3.46. The van der Waals surface area contributed by atoms with Gasteiger partial charge < -0.3 is 20.9 Å². The highest BCUT2D eigenvalue weighted by Crippen LogP contribution is 2.24. The van der Waals surface area contributed by atoms with Crippen LogP contribution in [0, 0.1) is 6.92 Å². The van der Waals surface area contributed by atoms with E-state index in [0.717, 1.165) is 36.1 Å². The van der Waals surface area contributed by atoms with E-state index in [0.29, 0.717) is 11.5 Å². The van der Waals surface area contributed by atoms with E-state index < -0.39 is 0 Å². The molecule has 0 unspecified atom stereocenters. The topological polar surface area (TPSA) is 82.2 Å². The van der Waals surface area contributed by atoms with E-state index in [1.165, 1.54) is 5.56 Å². The van der Waals surface area contributed by atoms with Gasteiger partial charge in [0.25, 0.3) is 0 Å². The van der Waals surface area contributed by atoms with E-state index >= 15 is 0 Å². The van der Waals surface area contributed by atoms with Gasteiger partial charge in [-0.25, -0.2) is 14.8 Å². The zero-order chi connectivity index (χ0) is 24.0.